The van der Waals surface area contributed by atoms with E-state index in [-0.39, 0.29) is 22.3 Å². The number of benzene rings is 4. The molecule has 2 aliphatic heterocycles. The van der Waals surface area contributed by atoms with Crippen LogP contribution in [0.25, 0.3) is 0 Å². The van der Waals surface area contributed by atoms with Crippen LogP contribution in [0, 0.1) is 0 Å². The first kappa shape index (κ1) is 45.9. The Morgan fingerprint density at radius 2 is 0.900 bits per heavy atom. The number of carbonyl (C=O) groups excluding carboxylic acids is 4. The van der Waals surface area contributed by atoms with Crippen LogP contribution in [0.2, 0.25) is 0 Å². The molecule has 0 spiro atoms. The normalized spacial score (nSPS) is 26.4. The Morgan fingerprint density at radius 1 is 0.517 bits per heavy atom. The molecule has 4 aromatic carbocycles. The lowest BCUT2D eigenvalue weighted by Crippen LogP contribution is -2.66. The smallest absolute Gasteiger partial charge is 0.338 e. The molecule has 2 fully saturated rings. The summed E-state index contributed by atoms with van der Waals surface area (Å²) in [6, 6.07) is 24.5. The Hall–Kier alpha value is -3.60. The number of hydrogen-bond acceptors (Lipinski definition) is 15. The summed E-state index contributed by atoms with van der Waals surface area (Å²) in [4.78, 5) is 55.2. The molecular formula is C41H36Br4O15. The highest BCUT2D eigenvalue weighted by molar-refractivity contribution is 9.11. The van der Waals surface area contributed by atoms with Crippen molar-refractivity contribution in [2.75, 3.05) is 20.3 Å². The van der Waals surface area contributed by atoms with Crippen LogP contribution in [0.1, 0.15) is 41.4 Å². The van der Waals surface area contributed by atoms with E-state index in [0.717, 1.165) is 0 Å². The molecule has 2 saturated heterocycles. The number of esters is 4. The van der Waals surface area contributed by atoms with E-state index in [4.69, 9.17) is 37.9 Å². The minimum absolute atomic E-state index is 0.0369. The largest absolute Gasteiger partial charge is 0.459 e. The van der Waals surface area contributed by atoms with Crippen LogP contribution in [0.5, 0.6) is 0 Å². The molecule has 0 aromatic heterocycles. The van der Waals surface area contributed by atoms with Gasteiger partial charge in [0.2, 0.25) is 0 Å². The van der Waals surface area contributed by atoms with Crippen LogP contribution in [-0.4, -0.2) is 121 Å². The number of aliphatic hydroxyl groups excluding tert-OH is 3. The fourth-order valence-electron chi connectivity index (χ4n) is 6.25. The summed E-state index contributed by atoms with van der Waals surface area (Å²) in [5.74, 6) is -3.66. The first-order chi connectivity index (χ1) is 28.8. The fourth-order valence-corrected chi connectivity index (χ4v) is 7.30. The maximum absolute atomic E-state index is 14.0. The number of rotatable bonds is 13. The highest BCUT2D eigenvalue weighted by atomic mass is 79.9. The molecule has 0 aliphatic carbocycles. The van der Waals surface area contributed by atoms with Gasteiger partial charge in [0, 0.05) is 25.0 Å². The van der Waals surface area contributed by atoms with Gasteiger partial charge < -0.3 is 53.2 Å². The summed E-state index contributed by atoms with van der Waals surface area (Å²) < 4.78 is 49.9. The molecule has 0 unspecified atom stereocenters. The Labute approximate surface area is 376 Å². The molecule has 318 valence electrons. The number of carbonyl (C=O) groups is 4. The molecule has 2 aliphatic rings. The molecule has 10 atom stereocenters. The molecule has 4 aromatic rings. The highest BCUT2D eigenvalue weighted by Crippen LogP contribution is 2.35. The van der Waals surface area contributed by atoms with E-state index in [1.54, 1.807) is 48.5 Å². The van der Waals surface area contributed by atoms with Crippen LogP contribution in [-0.2, 0) is 37.9 Å². The summed E-state index contributed by atoms with van der Waals surface area (Å²) in [6.07, 6.45) is -16.6. The van der Waals surface area contributed by atoms with Gasteiger partial charge in [-0.1, -0.05) is 63.7 Å². The van der Waals surface area contributed by atoms with E-state index in [1.807, 2.05) is 0 Å². The zero-order valence-corrected chi connectivity index (χ0v) is 37.5. The van der Waals surface area contributed by atoms with E-state index < -0.39 is 98.5 Å². The zero-order valence-electron chi connectivity index (χ0n) is 31.2. The van der Waals surface area contributed by atoms with E-state index in [0.29, 0.717) is 17.9 Å². The van der Waals surface area contributed by atoms with E-state index in [1.165, 1.54) is 55.6 Å². The van der Waals surface area contributed by atoms with Crippen LogP contribution >= 0.6 is 63.7 Å². The van der Waals surface area contributed by atoms with Crippen molar-refractivity contribution in [3.8, 4) is 0 Å². The lowest BCUT2D eigenvalue weighted by Gasteiger charge is -2.47. The Bertz CT molecular complexity index is 2090. The van der Waals surface area contributed by atoms with Crippen molar-refractivity contribution in [1.29, 1.82) is 0 Å². The number of ether oxygens (including phenoxy) is 8. The molecule has 60 heavy (non-hydrogen) atoms. The highest BCUT2D eigenvalue weighted by Gasteiger charge is 2.56. The van der Waals surface area contributed by atoms with Gasteiger partial charge in [-0.05, 0) is 97.1 Å². The lowest BCUT2D eigenvalue weighted by molar-refractivity contribution is -0.356. The van der Waals surface area contributed by atoms with Gasteiger partial charge in [-0.25, -0.2) is 19.2 Å². The summed E-state index contributed by atoms with van der Waals surface area (Å²) >= 11 is 13.3. The topological polar surface area (TPSA) is 203 Å². The second-order valence-corrected chi connectivity index (χ2v) is 17.0. The number of methoxy groups -OCH3 is 1. The van der Waals surface area contributed by atoms with Gasteiger partial charge >= 0.3 is 23.9 Å². The van der Waals surface area contributed by atoms with Gasteiger partial charge in [0.25, 0.3) is 0 Å². The molecule has 19 heteroatoms. The average Bonchev–Trinajstić information content (AvgIpc) is 3.24. The number of aliphatic hydroxyl groups is 3. The van der Waals surface area contributed by atoms with Crippen molar-refractivity contribution in [2.45, 2.75) is 61.4 Å². The van der Waals surface area contributed by atoms with Crippen molar-refractivity contribution < 1.29 is 72.4 Å². The standard InChI is InChI=1S/C41H36Br4O15/c1-53-40-31(48)33(30(47)28(18-46)55-40)60-41-35(59-39(52)23-8-16-27(45)17-9-23)34(58-38(51)22-6-14-26(44)15-7-22)32(57-37(50)21-4-12-25(43)13-5-21)29(56-41)19-54-36(49)20-2-10-24(42)11-3-20/h2-17,28-35,40-41,46-48H,18-19H2,1H3/t28-,29-,30-,31-,32-,33+,34+,35-,40-,41+/m1/s1. The number of hydrogen-bond donors (Lipinski definition) is 3. The van der Waals surface area contributed by atoms with Gasteiger partial charge in [-0.2, -0.15) is 0 Å². The monoisotopic (exact) mass is 1080 g/mol. The zero-order chi connectivity index (χ0) is 43.1. The van der Waals surface area contributed by atoms with Crippen LogP contribution in [0.4, 0.5) is 0 Å². The van der Waals surface area contributed by atoms with Gasteiger partial charge in [0.15, 0.2) is 30.9 Å². The third-order valence-corrected chi connectivity index (χ3v) is 11.5. The van der Waals surface area contributed by atoms with E-state index >= 15 is 0 Å². The fraction of sp³-hybridized carbons (Fsp3) is 0.317. The van der Waals surface area contributed by atoms with Crippen molar-refractivity contribution in [2.24, 2.45) is 0 Å². The van der Waals surface area contributed by atoms with Crippen molar-refractivity contribution in [3.63, 3.8) is 0 Å². The van der Waals surface area contributed by atoms with Crippen LogP contribution < -0.4 is 0 Å². The van der Waals surface area contributed by atoms with Gasteiger partial charge in [0.05, 0.1) is 28.9 Å². The molecule has 15 nitrogen and oxygen atoms in total. The summed E-state index contributed by atoms with van der Waals surface area (Å²) in [5, 5.41) is 32.6. The van der Waals surface area contributed by atoms with Crippen LogP contribution in [0.15, 0.2) is 115 Å². The second-order valence-electron chi connectivity index (χ2n) is 13.3. The quantitative estimate of drug-likeness (QED) is 0.108. The SMILES string of the molecule is CO[C@@H]1O[C@H](CO)[C@@H](O)[C@H](O[C@@H]2O[C@H](COC(=O)c3ccc(Br)cc3)[C@@H](OC(=O)c3ccc(Br)cc3)[C@H](OC(=O)c3ccc(Br)cc3)[C@H]2OC(=O)c2ccc(Br)cc2)[C@H]1O. The molecule has 0 radical (unpaired) electrons. The lowest BCUT2D eigenvalue weighted by atomic mass is 9.96. The summed E-state index contributed by atoms with van der Waals surface area (Å²) in [7, 11) is 1.22. The average molecular weight is 1090 g/mol. The first-order valence-corrected chi connectivity index (χ1v) is 21.2. The molecule has 0 bridgehead atoms. The Balaban J connectivity index is 1.46. The molecule has 0 saturated carbocycles. The third-order valence-electron chi connectivity index (χ3n) is 9.36. The molecule has 2 heterocycles. The van der Waals surface area contributed by atoms with E-state index in [9.17, 15) is 34.5 Å². The Kier molecular flexibility index (Phi) is 16.1. The van der Waals surface area contributed by atoms with Crippen molar-refractivity contribution >= 4 is 87.6 Å². The minimum Gasteiger partial charge on any atom is -0.459 e. The predicted molar refractivity (Wildman–Crippen MR) is 223 cm³/mol. The molecule has 0 amide bonds. The predicted octanol–water partition coefficient (Wildman–Crippen LogP) is 5.77. The summed E-state index contributed by atoms with van der Waals surface area (Å²) in [5.41, 5.74) is 0.298. The minimum atomic E-state index is -1.88. The summed E-state index contributed by atoms with van der Waals surface area (Å²) in [6.45, 7) is -1.39. The van der Waals surface area contributed by atoms with Crippen molar-refractivity contribution in [1.82, 2.24) is 0 Å². The third kappa shape index (κ3) is 11.3. The molecule has 3 N–H and O–H groups in total. The van der Waals surface area contributed by atoms with Crippen molar-refractivity contribution in [3.05, 3.63) is 137 Å². The number of halogens is 4. The Morgan fingerprint density at radius 3 is 1.32 bits per heavy atom. The first-order valence-electron chi connectivity index (χ1n) is 18.0. The van der Waals surface area contributed by atoms with Gasteiger partial charge in [-0.15, -0.1) is 0 Å². The molecule has 6 rings (SSSR count). The van der Waals surface area contributed by atoms with Gasteiger partial charge in [0.1, 0.15) is 37.1 Å². The second kappa shape index (κ2) is 21.0. The van der Waals surface area contributed by atoms with Gasteiger partial charge in [-0.3, -0.25) is 0 Å². The maximum Gasteiger partial charge on any atom is 0.338 e. The molecular weight excluding hydrogens is 1050 g/mol. The van der Waals surface area contributed by atoms with E-state index in [2.05, 4.69) is 63.7 Å². The van der Waals surface area contributed by atoms with Crippen LogP contribution in [0.3, 0.4) is 0 Å². The maximum atomic E-state index is 14.0.